The Bertz CT molecular complexity index is 432. The summed E-state index contributed by atoms with van der Waals surface area (Å²) in [6, 6.07) is 1.93. The van der Waals surface area contributed by atoms with Crippen LogP contribution in [0.15, 0.2) is 12.1 Å². The minimum Gasteiger partial charge on any atom is -0.507 e. The molecule has 0 saturated carbocycles. The molecular weight excluding hydrogens is 231 g/mol. The Labute approximate surface area is 96.8 Å². The van der Waals surface area contributed by atoms with E-state index in [0.29, 0.717) is 0 Å². The number of methoxy groups -OCH3 is 1. The lowest BCUT2D eigenvalue weighted by Crippen LogP contribution is -2.19. The van der Waals surface area contributed by atoms with Gasteiger partial charge in [-0.25, -0.2) is 9.18 Å². The average molecular weight is 242 g/mol. The number of hydrogen-bond acceptors (Lipinski definition) is 5. The van der Waals surface area contributed by atoms with Gasteiger partial charge in [-0.3, -0.25) is 4.79 Å². The van der Waals surface area contributed by atoms with Crippen LogP contribution in [0.4, 0.5) is 4.39 Å². The van der Waals surface area contributed by atoms with Gasteiger partial charge < -0.3 is 14.6 Å². The molecule has 0 aliphatic rings. The van der Waals surface area contributed by atoms with Crippen LogP contribution in [-0.4, -0.2) is 30.6 Å². The number of carbonyl (C=O) groups excluding carboxylic acids is 2. The van der Waals surface area contributed by atoms with Crippen molar-refractivity contribution in [2.75, 3.05) is 13.7 Å². The fourth-order valence-corrected chi connectivity index (χ4v) is 1.21. The average Bonchev–Trinajstić information content (AvgIpc) is 2.28. The first kappa shape index (κ1) is 13.0. The SMILES string of the molecule is CCOC(=O)C(=O)c1c(O)cc(OC)cc1F. The summed E-state index contributed by atoms with van der Waals surface area (Å²) in [5.74, 6) is -4.11. The number of hydrogen-bond donors (Lipinski definition) is 1. The van der Waals surface area contributed by atoms with Gasteiger partial charge in [0.25, 0.3) is 5.78 Å². The van der Waals surface area contributed by atoms with E-state index < -0.39 is 28.9 Å². The summed E-state index contributed by atoms with van der Waals surface area (Å²) in [6.45, 7) is 1.50. The normalized spacial score (nSPS) is 9.82. The number of rotatable bonds is 4. The number of aromatic hydroxyl groups is 1. The number of esters is 1. The number of phenolic OH excluding ortho intramolecular Hbond substituents is 1. The Hall–Kier alpha value is -2.11. The van der Waals surface area contributed by atoms with Gasteiger partial charge in [0.2, 0.25) is 0 Å². The second-order valence-corrected chi connectivity index (χ2v) is 3.05. The van der Waals surface area contributed by atoms with E-state index in [-0.39, 0.29) is 12.4 Å². The molecule has 0 aliphatic heterocycles. The molecule has 5 nitrogen and oxygen atoms in total. The van der Waals surface area contributed by atoms with Gasteiger partial charge in [0.05, 0.1) is 13.7 Å². The highest BCUT2D eigenvalue weighted by Crippen LogP contribution is 2.27. The minimum absolute atomic E-state index is 0.0108. The number of ketones is 1. The highest BCUT2D eigenvalue weighted by atomic mass is 19.1. The van der Waals surface area contributed by atoms with Crippen LogP contribution in [0.1, 0.15) is 17.3 Å². The van der Waals surface area contributed by atoms with Crippen LogP contribution in [-0.2, 0) is 9.53 Å². The molecule has 0 spiro atoms. The number of carbonyl (C=O) groups is 2. The van der Waals surface area contributed by atoms with Crippen LogP contribution in [0.2, 0.25) is 0 Å². The van der Waals surface area contributed by atoms with E-state index in [1.54, 1.807) is 0 Å². The Morgan fingerprint density at radius 2 is 2.06 bits per heavy atom. The second kappa shape index (κ2) is 5.29. The van der Waals surface area contributed by atoms with Crippen molar-refractivity contribution in [3.63, 3.8) is 0 Å². The minimum atomic E-state index is -1.23. The zero-order chi connectivity index (χ0) is 13.0. The van der Waals surface area contributed by atoms with Gasteiger partial charge in [-0.1, -0.05) is 0 Å². The van der Waals surface area contributed by atoms with E-state index in [2.05, 4.69) is 4.74 Å². The Balaban J connectivity index is 3.14. The van der Waals surface area contributed by atoms with Crippen LogP contribution < -0.4 is 4.74 Å². The summed E-state index contributed by atoms with van der Waals surface area (Å²) in [7, 11) is 1.28. The molecule has 1 rings (SSSR count). The Kier molecular flexibility index (Phi) is 4.03. The largest absolute Gasteiger partial charge is 0.507 e. The molecule has 0 unspecified atom stereocenters. The molecular formula is C11H11FO5. The summed E-state index contributed by atoms with van der Waals surface area (Å²) in [5.41, 5.74) is -0.718. The number of benzene rings is 1. The zero-order valence-electron chi connectivity index (χ0n) is 9.32. The van der Waals surface area contributed by atoms with E-state index >= 15 is 0 Å². The molecule has 1 N–H and O–H groups in total. The Morgan fingerprint density at radius 3 is 2.53 bits per heavy atom. The molecule has 17 heavy (non-hydrogen) atoms. The van der Waals surface area contributed by atoms with Crippen LogP contribution >= 0.6 is 0 Å². The number of ether oxygens (including phenoxy) is 2. The van der Waals surface area contributed by atoms with Crippen molar-refractivity contribution in [3.05, 3.63) is 23.5 Å². The highest BCUT2D eigenvalue weighted by Gasteiger charge is 2.25. The smallest absolute Gasteiger partial charge is 0.379 e. The fraction of sp³-hybridized carbons (Fsp3) is 0.273. The third-order valence-electron chi connectivity index (χ3n) is 1.97. The molecule has 1 aromatic carbocycles. The summed E-state index contributed by atoms with van der Waals surface area (Å²) in [5, 5.41) is 9.44. The molecule has 92 valence electrons. The third-order valence-corrected chi connectivity index (χ3v) is 1.97. The van der Waals surface area contributed by atoms with Crippen molar-refractivity contribution < 1.29 is 28.6 Å². The summed E-state index contributed by atoms with van der Waals surface area (Å²) in [6.07, 6.45) is 0. The maximum atomic E-state index is 13.5. The molecule has 0 radical (unpaired) electrons. The maximum absolute atomic E-state index is 13.5. The first-order valence-electron chi connectivity index (χ1n) is 4.79. The van der Waals surface area contributed by atoms with E-state index in [1.165, 1.54) is 14.0 Å². The van der Waals surface area contributed by atoms with E-state index in [4.69, 9.17) is 4.74 Å². The van der Waals surface area contributed by atoms with Gasteiger partial charge in [0.15, 0.2) is 0 Å². The first-order valence-corrected chi connectivity index (χ1v) is 4.79. The van der Waals surface area contributed by atoms with E-state index in [9.17, 15) is 19.1 Å². The molecule has 0 bridgehead atoms. The topological polar surface area (TPSA) is 72.8 Å². The number of Topliss-reactive ketones (excluding diaryl/α,β-unsaturated/α-hetero) is 1. The molecule has 0 amide bonds. The van der Waals surface area contributed by atoms with Crippen LogP contribution in [0.25, 0.3) is 0 Å². The molecule has 0 atom stereocenters. The zero-order valence-corrected chi connectivity index (χ0v) is 9.32. The predicted molar refractivity (Wildman–Crippen MR) is 55.6 cm³/mol. The Morgan fingerprint density at radius 1 is 1.41 bits per heavy atom. The van der Waals surface area contributed by atoms with Crippen molar-refractivity contribution in [1.29, 1.82) is 0 Å². The van der Waals surface area contributed by atoms with Gasteiger partial charge >= 0.3 is 5.97 Å². The molecule has 0 fully saturated rings. The standard InChI is InChI=1S/C11H11FO5/c1-3-17-11(15)10(14)9-7(12)4-6(16-2)5-8(9)13/h4-5,13H,3H2,1-2H3. The molecule has 1 aromatic rings. The van der Waals surface area contributed by atoms with Crippen LogP contribution in [0.3, 0.4) is 0 Å². The molecule has 0 heterocycles. The summed E-state index contributed by atoms with van der Waals surface area (Å²) >= 11 is 0. The quantitative estimate of drug-likeness (QED) is 0.489. The number of halogens is 1. The summed E-state index contributed by atoms with van der Waals surface area (Å²) in [4.78, 5) is 22.6. The monoisotopic (exact) mass is 242 g/mol. The van der Waals surface area contributed by atoms with Gasteiger partial charge in [-0.05, 0) is 6.92 Å². The van der Waals surface area contributed by atoms with Gasteiger partial charge in [-0.2, -0.15) is 0 Å². The van der Waals surface area contributed by atoms with Crippen molar-refractivity contribution in [1.82, 2.24) is 0 Å². The molecule has 6 heteroatoms. The molecule has 0 aromatic heterocycles. The molecule has 0 aliphatic carbocycles. The van der Waals surface area contributed by atoms with Gasteiger partial charge in [0, 0.05) is 12.1 Å². The lowest BCUT2D eigenvalue weighted by Gasteiger charge is -2.07. The van der Waals surface area contributed by atoms with E-state index in [0.717, 1.165) is 12.1 Å². The van der Waals surface area contributed by atoms with Crippen LogP contribution in [0.5, 0.6) is 11.5 Å². The third kappa shape index (κ3) is 2.72. The molecule has 0 saturated heterocycles. The predicted octanol–water partition coefficient (Wildman–Crippen LogP) is 1.29. The van der Waals surface area contributed by atoms with Crippen molar-refractivity contribution in [3.8, 4) is 11.5 Å². The van der Waals surface area contributed by atoms with Crippen molar-refractivity contribution >= 4 is 11.8 Å². The fourth-order valence-electron chi connectivity index (χ4n) is 1.21. The second-order valence-electron chi connectivity index (χ2n) is 3.05. The van der Waals surface area contributed by atoms with Crippen LogP contribution in [0, 0.1) is 5.82 Å². The maximum Gasteiger partial charge on any atom is 0.379 e. The first-order chi connectivity index (χ1) is 8.01. The number of phenols is 1. The van der Waals surface area contributed by atoms with Gasteiger partial charge in [0.1, 0.15) is 22.9 Å². The van der Waals surface area contributed by atoms with Crippen molar-refractivity contribution in [2.24, 2.45) is 0 Å². The van der Waals surface area contributed by atoms with Crippen molar-refractivity contribution in [2.45, 2.75) is 6.92 Å². The van der Waals surface area contributed by atoms with Gasteiger partial charge in [-0.15, -0.1) is 0 Å². The highest BCUT2D eigenvalue weighted by molar-refractivity contribution is 6.41. The lowest BCUT2D eigenvalue weighted by atomic mass is 10.1. The van der Waals surface area contributed by atoms with E-state index in [1.807, 2.05) is 0 Å². The lowest BCUT2D eigenvalue weighted by molar-refractivity contribution is -0.137. The summed E-state index contributed by atoms with van der Waals surface area (Å²) < 4.78 is 22.6.